The number of nitrogens with one attached hydrogen (secondary N) is 1. The minimum atomic E-state index is -1.07. The maximum Gasteiger partial charge on any atom is 0.337 e. The molecular weight excluding hydrogens is 280 g/mol. The number of carbonyl (C=O) groups is 1. The monoisotopic (exact) mass is 292 g/mol. The van der Waals surface area contributed by atoms with Crippen molar-refractivity contribution in [3.63, 3.8) is 0 Å². The van der Waals surface area contributed by atoms with Crippen LogP contribution in [0.15, 0.2) is 36.5 Å². The molecule has 5 nitrogen and oxygen atoms in total. The summed E-state index contributed by atoms with van der Waals surface area (Å²) >= 11 is 6.00. The van der Waals surface area contributed by atoms with Crippen molar-refractivity contribution < 1.29 is 14.6 Å². The van der Waals surface area contributed by atoms with Crippen molar-refractivity contribution in [1.82, 2.24) is 4.98 Å². The standard InChI is InChI=1S/C14H13ClN2O3/c1-2-20-11-5-3-4-10(7-11)17-13-12(15)6-9(8-16-13)14(18)19/h3-8H,2H2,1H3,(H,16,17)(H,18,19). The second-order valence-corrected chi connectivity index (χ2v) is 4.35. The number of hydrogen-bond donors (Lipinski definition) is 2. The zero-order chi connectivity index (χ0) is 14.5. The summed E-state index contributed by atoms with van der Waals surface area (Å²) in [4.78, 5) is 14.8. The number of carboxylic acids is 1. The second kappa shape index (κ2) is 6.25. The third kappa shape index (κ3) is 3.39. The van der Waals surface area contributed by atoms with E-state index in [0.29, 0.717) is 12.4 Å². The lowest BCUT2D eigenvalue weighted by atomic mass is 10.2. The van der Waals surface area contributed by atoms with Crippen molar-refractivity contribution in [3.05, 3.63) is 47.1 Å². The summed E-state index contributed by atoms with van der Waals surface area (Å²) in [6, 6.07) is 8.69. The summed E-state index contributed by atoms with van der Waals surface area (Å²) in [5, 5.41) is 12.1. The number of carboxylic acid groups (broad SMARTS) is 1. The molecule has 0 fully saturated rings. The molecule has 2 aromatic rings. The third-order valence-corrected chi connectivity index (χ3v) is 2.78. The Morgan fingerprint density at radius 2 is 2.25 bits per heavy atom. The van der Waals surface area contributed by atoms with Crippen LogP contribution < -0.4 is 10.1 Å². The van der Waals surface area contributed by atoms with Crippen molar-refractivity contribution >= 4 is 29.1 Å². The van der Waals surface area contributed by atoms with Crippen LogP contribution in [0.25, 0.3) is 0 Å². The van der Waals surface area contributed by atoms with E-state index in [1.807, 2.05) is 31.2 Å². The topological polar surface area (TPSA) is 71.5 Å². The summed E-state index contributed by atoms with van der Waals surface area (Å²) in [5.41, 5.74) is 0.803. The van der Waals surface area contributed by atoms with Crippen molar-refractivity contribution in [2.24, 2.45) is 0 Å². The summed E-state index contributed by atoms with van der Waals surface area (Å²) in [6.45, 7) is 2.49. The fourth-order valence-corrected chi connectivity index (χ4v) is 1.83. The Kier molecular flexibility index (Phi) is 4.42. The van der Waals surface area contributed by atoms with E-state index in [1.54, 1.807) is 0 Å². The van der Waals surface area contributed by atoms with E-state index in [1.165, 1.54) is 12.3 Å². The van der Waals surface area contributed by atoms with Crippen LogP contribution in [0.3, 0.4) is 0 Å². The minimum Gasteiger partial charge on any atom is -0.494 e. The first-order valence-electron chi connectivity index (χ1n) is 5.99. The van der Waals surface area contributed by atoms with E-state index in [4.69, 9.17) is 21.4 Å². The molecule has 0 atom stereocenters. The Bertz CT molecular complexity index is 632. The number of anilines is 2. The maximum absolute atomic E-state index is 10.8. The molecule has 104 valence electrons. The molecule has 0 spiro atoms. The van der Waals surface area contributed by atoms with Crippen LogP contribution >= 0.6 is 11.6 Å². The first-order chi connectivity index (χ1) is 9.60. The van der Waals surface area contributed by atoms with Gasteiger partial charge in [0.2, 0.25) is 0 Å². The first-order valence-corrected chi connectivity index (χ1v) is 6.36. The molecule has 0 amide bonds. The van der Waals surface area contributed by atoms with Gasteiger partial charge in [0.15, 0.2) is 0 Å². The van der Waals surface area contributed by atoms with Gasteiger partial charge in [-0.1, -0.05) is 17.7 Å². The molecule has 6 heteroatoms. The molecular formula is C14H13ClN2O3. The lowest BCUT2D eigenvalue weighted by Gasteiger charge is -2.09. The van der Waals surface area contributed by atoms with Gasteiger partial charge in [-0.3, -0.25) is 0 Å². The number of nitrogens with zero attached hydrogens (tertiary/aromatic N) is 1. The first kappa shape index (κ1) is 14.1. The molecule has 0 bridgehead atoms. The predicted molar refractivity (Wildman–Crippen MR) is 77.1 cm³/mol. The highest BCUT2D eigenvalue weighted by molar-refractivity contribution is 6.33. The maximum atomic E-state index is 10.8. The second-order valence-electron chi connectivity index (χ2n) is 3.95. The fourth-order valence-electron chi connectivity index (χ4n) is 1.61. The Labute approximate surface area is 121 Å². The highest BCUT2D eigenvalue weighted by Gasteiger charge is 2.09. The number of rotatable bonds is 5. The van der Waals surface area contributed by atoms with Gasteiger partial charge in [0.25, 0.3) is 0 Å². The number of pyridine rings is 1. The van der Waals surface area contributed by atoms with Crippen molar-refractivity contribution in [3.8, 4) is 5.75 Å². The Balaban J connectivity index is 2.21. The molecule has 2 N–H and O–H groups in total. The third-order valence-electron chi connectivity index (χ3n) is 2.50. The van der Waals surface area contributed by atoms with Gasteiger partial charge in [-0.2, -0.15) is 0 Å². The average Bonchev–Trinajstić information content (AvgIpc) is 2.42. The van der Waals surface area contributed by atoms with Crippen LogP contribution in [0.5, 0.6) is 5.75 Å². The van der Waals surface area contributed by atoms with E-state index in [2.05, 4.69) is 10.3 Å². The van der Waals surface area contributed by atoms with Gasteiger partial charge in [-0.15, -0.1) is 0 Å². The average molecular weight is 293 g/mol. The molecule has 0 saturated carbocycles. The molecule has 1 aromatic carbocycles. The highest BCUT2D eigenvalue weighted by atomic mass is 35.5. The molecule has 20 heavy (non-hydrogen) atoms. The van der Waals surface area contributed by atoms with Crippen molar-refractivity contribution in [1.29, 1.82) is 0 Å². The molecule has 0 aliphatic heterocycles. The van der Waals surface area contributed by atoms with E-state index in [-0.39, 0.29) is 10.6 Å². The Morgan fingerprint density at radius 1 is 1.45 bits per heavy atom. The number of hydrogen-bond acceptors (Lipinski definition) is 4. The highest BCUT2D eigenvalue weighted by Crippen LogP contribution is 2.26. The fraction of sp³-hybridized carbons (Fsp3) is 0.143. The van der Waals surface area contributed by atoms with E-state index >= 15 is 0 Å². The molecule has 2 rings (SSSR count). The van der Waals surface area contributed by atoms with Gasteiger partial charge in [0, 0.05) is 18.0 Å². The zero-order valence-corrected chi connectivity index (χ0v) is 11.5. The summed E-state index contributed by atoms with van der Waals surface area (Å²) in [5.74, 6) is 0.0605. The van der Waals surface area contributed by atoms with E-state index in [0.717, 1.165) is 11.4 Å². The predicted octanol–water partition coefficient (Wildman–Crippen LogP) is 3.58. The molecule has 1 heterocycles. The van der Waals surface area contributed by atoms with Gasteiger partial charge >= 0.3 is 5.97 Å². The van der Waals surface area contributed by atoms with Crippen molar-refractivity contribution in [2.45, 2.75) is 6.92 Å². The number of ether oxygens (including phenoxy) is 1. The summed E-state index contributed by atoms with van der Waals surface area (Å²) < 4.78 is 5.39. The molecule has 1 aromatic heterocycles. The SMILES string of the molecule is CCOc1cccc(Nc2ncc(C(=O)O)cc2Cl)c1. The van der Waals surface area contributed by atoms with Gasteiger partial charge in [0.05, 0.1) is 17.2 Å². The van der Waals surface area contributed by atoms with Crippen LogP contribution in [0.1, 0.15) is 17.3 Å². The van der Waals surface area contributed by atoms with Crippen LogP contribution in [0.4, 0.5) is 11.5 Å². The van der Waals surface area contributed by atoms with Gasteiger partial charge < -0.3 is 15.2 Å². The number of benzene rings is 1. The van der Waals surface area contributed by atoms with Crippen LogP contribution in [-0.4, -0.2) is 22.7 Å². The van der Waals surface area contributed by atoms with Crippen LogP contribution in [0, 0.1) is 0 Å². The Morgan fingerprint density at radius 3 is 2.90 bits per heavy atom. The van der Waals surface area contributed by atoms with Crippen LogP contribution in [0.2, 0.25) is 5.02 Å². The Hall–Kier alpha value is -2.27. The number of aromatic carboxylic acids is 1. The summed E-state index contributed by atoms with van der Waals surface area (Å²) in [7, 11) is 0. The lowest BCUT2D eigenvalue weighted by molar-refractivity contribution is 0.0696. The van der Waals surface area contributed by atoms with Gasteiger partial charge in [-0.25, -0.2) is 9.78 Å². The normalized spacial score (nSPS) is 10.1. The number of halogens is 1. The molecule has 0 radical (unpaired) electrons. The minimum absolute atomic E-state index is 0.0450. The number of aromatic nitrogens is 1. The summed E-state index contributed by atoms with van der Waals surface area (Å²) in [6.07, 6.45) is 1.25. The zero-order valence-electron chi connectivity index (χ0n) is 10.8. The largest absolute Gasteiger partial charge is 0.494 e. The smallest absolute Gasteiger partial charge is 0.337 e. The van der Waals surface area contributed by atoms with Crippen LogP contribution in [-0.2, 0) is 0 Å². The molecule has 0 unspecified atom stereocenters. The molecule has 0 aliphatic rings. The molecule has 0 saturated heterocycles. The lowest BCUT2D eigenvalue weighted by Crippen LogP contribution is -2.01. The quantitative estimate of drug-likeness (QED) is 0.881. The van der Waals surface area contributed by atoms with E-state index in [9.17, 15) is 4.79 Å². The van der Waals surface area contributed by atoms with Crippen molar-refractivity contribution in [2.75, 3.05) is 11.9 Å². The van der Waals surface area contributed by atoms with E-state index < -0.39 is 5.97 Å². The van der Waals surface area contributed by atoms with Gasteiger partial charge in [0.1, 0.15) is 11.6 Å². The molecule has 0 aliphatic carbocycles. The van der Waals surface area contributed by atoms with Gasteiger partial charge in [-0.05, 0) is 25.1 Å².